The number of hydrogen-bond donors (Lipinski definition) is 1. The number of nitrogens with zero attached hydrogens (tertiary/aromatic N) is 2. The second-order valence-electron chi connectivity index (χ2n) is 6.06. The lowest BCUT2D eigenvalue weighted by atomic mass is 10.1. The Morgan fingerprint density at radius 3 is 2.80 bits per heavy atom. The van der Waals surface area contributed by atoms with E-state index in [9.17, 15) is 9.18 Å². The van der Waals surface area contributed by atoms with Crippen molar-refractivity contribution in [3.8, 4) is 11.1 Å². The fourth-order valence-corrected chi connectivity index (χ4v) is 3.86. The van der Waals surface area contributed by atoms with Crippen LogP contribution in [0, 0.1) is 5.82 Å². The van der Waals surface area contributed by atoms with Crippen molar-refractivity contribution in [3.63, 3.8) is 0 Å². The number of hydrogen-bond acceptors (Lipinski definition) is 4. The highest BCUT2D eigenvalue weighted by Crippen LogP contribution is 2.33. The summed E-state index contributed by atoms with van der Waals surface area (Å²) in [7, 11) is 0. The van der Waals surface area contributed by atoms with Gasteiger partial charge >= 0.3 is 5.97 Å². The molecule has 132 valence electrons. The molecular formula is C19H21FN2O2S. The van der Waals surface area contributed by atoms with E-state index < -0.39 is 5.97 Å². The van der Waals surface area contributed by atoms with E-state index in [0.717, 1.165) is 42.9 Å². The molecule has 2 aromatic rings. The highest BCUT2D eigenvalue weighted by molar-refractivity contribution is 7.99. The van der Waals surface area contributed by atoms with Gasteiger partial charge in [0.15, 0.2) is 0 Å². The number of aromatic nitrogens is 1. The molecule has 0 aliphatic carbocycles. The topological polar surface area (TPSA) is 53.4 Å². The zero-order valence-electron chi connectivity index (χ0n) is 13.9. The summed E-state index contributed by atoms with van der Waals surface area (Å²) in [4.78, 5) is 17.8. The molecule has 6 heteroatoms. The number of pyridine rings is 1. The summed E-state index contributed by atoms with van der Waals surface area (Å²) in [5.41, 5.74) is 1.77. The normalized spacial score (nSPS) is 14.0. The molecule has 0 unspecified atom stereocenters. The molecule has 1 aromatic heterocycles. The summed E-state index contributed by atoms with van der Waals surface area (Å²) in [5.74, 6) is 0.423. The molecule has 0 spiro atoms. The summed E-state index contributed by atoms with van der Waals surface area (Å²) in [5, 5.41) is 8.65. The number of benzene rings is 1. The van der Waals surface area contributed by atoms with Crippen LogP contribution in [0.1, 0.15) is 25.7 Å². The van der Waals surface area contributed by atoms with Crippen molar-refractivity contribution in [1.82, 2.24) is 4.98 Å². The summed E-state index contributed by atoms with van der Waals surface area (Å²) < 4.78 is 14.5. The smallest absolute Gasteiger partial charge is 0.303 e. The summed E-state index contributed by atoms with van der Waals surface area (Å²) in [6.45, 7) is 1.98. The molecule has 1 aliphatic heterocycles. The largest absolute Gasteiger partial charge is 0.481 e. The molecule has 1 aliphatic rings. The van der Waals surface area contributed by atoms with Crippen molar-refractivity contribution < 1.29 is 14.3 Å². The maximum absolute atomic E-state index is 14.5. The van der Waals surface area contributed by atoms with Gasteiger partial charge in [-0.25, -0.2) is 9.37 Å². The first-order valence-electron chi connectivity index (χ1n) is 8.49. The van der Waals surface area contributed by atoms with Crippen LogP contribution in [0.2, 0.25) is 0 Å². The summed E-state index contributed by atoms with van der Waals surface area (Å²) in [6, 6.07) is 9.10. The Morgan fingerprint density at radius 2 is 2.08 bits per heavy atom. The molecule has 3 rings (SSSR count). The maximum Gasteiger partial charge on any atom is 0.303 e. The van der Waals surface area contributed by atoms with Gasteiger partial charge in [-0.3, -0.25) is 4.79 Å². The number of halogens is 1. The summed E-state index contributed by atoms with van der Waals surface area (Å²) in [6.07, 6.45) is 4.75. The molecule has 0 saturated carbocycles. The van der Waals surface area contributed by atoms with Gasteiger partial charge in [-0.2, -0.15) is 0 Å². The minimum Gasteiger partial charge on any atom is -0.481 e. The maximum atomic E-state index is 14.5. The van der Waals surface area contributed by atoms with E-state index >= 15 is 0 Å². The second-order valence-corrected chi connectivity index (χ2v) is 7.20. The third-order valence-electron chi connectivity index (χ3n) is 4.23. The Hall–Kier alpha value is -2.08. The lowest BCUT2D eigenvalue weighted by Gasteiger charge is -2.20. The van der Waals surface area contributed by atoms with E-state index in [1.165, 1.54) is 11.8 Å². The number of thioether (sulfide) groups is 1. The molecule has 0 bridgehead atoms. The van der Waals surface area contributed by atoms with Gasteiger partial charge in [0.1, 0.15) is 11.6 Å². The number of rotatable bonds is 7. The molecule has 0 atom stereocenters. The zero-order valence-corrected chi connectivity index (χ0v) is 14.8. The fraction of sp³-hybridized carbons (Fsp3) is 0.368. The van der Waals surface area contributed by atoms with Crippen molar-refractivity contribution in [2.45, 2.75) is 30.6 Å². The first-order chi connectivity index (χ1) is 12.1. The van der Waals surface area contributed by atoms with E-state index in [0.29, 0.717) is 17.1 Å². The second kappa shape index (κ2) is 8.34. The number of carboxylic acid groups (broad SMARTS) is 1. The minimum absolute atomic E-state index is 0.113. The lowest BCUT2D eigenvalue weighted by molar-refractivity contribution is -0.137. The van der Waals surface area contributed by atoms with E-state index in [1.54, 1.807) is 18.3 Å². The van der Waals surface area contributed by atoms with Crippen LogP contribution in [-0.2, 0) is 4.79 Å². The van der Waals surface area contributed by atoms with Crippen LogP contribution >= 0.6 is 11.8 Å². The van der Waals surface area contributed by atoms with Crippen LogP contribution in [0.15, 0.2) is 41.4 Å². The molecule has 4 nitrogen and oxygen atoms in total. The molecule has 1 saturated heterocycles. The van der Waals surface area contributed by atoms with Gasteiger partial charge in [-0.05, 0) is 54.8 Å². The van der Waals surface area contributed by atoms with Gasteiger partial charge in [-0.15, -0.1) is 11.8 Å². The van der Waals surface area contributed by atoms with Gasteiger partial charge in [0, 0.05) is 36.2 Å². The Balaban J connectivity index is 1.75. The minimum atomic E-state index is -0.817. The van der Waals surface area contributed by atoms with Gasteiger partial charge < -0.3 is 10.0 Å². The predicted molar refractivity (Wildman–Crippen MR) is 98.7 cm³/mol. The number of carboxylic acids is 1. The Kier molecular flexibility index (Phi) is 5.91. The molecule has 2 heterocycles. The van der Waals surface area contributed by atoms with Crippen molar-refractivity contribution in [3.05, 3.63) is 42.3 Å². The van der Waals surface area contributed by atoms with Crippen molar-refractivity contribution in [2.24, 2.45) is 0 Å². The molecule has 0 amide bonds. The first-order valence-corrected chi connectivity index (χ1v) is 9.48. The molecular weight excluding hydrogens is 339 g/mol. The molecule has 1 N–H and O–H groups in total. The van der Waals surface area contributed by atoms with Crippen LogP contribution in [0.4, 0.5) is 10.2 Å². The standard InChI is InChI=1S/C19H21FN2O2S/c20-16-13-14(7-8-17(16)25-12-4-6-18(23)24)15-5-3-9-21-19(15)22-10-1-2-11-22/h3,5,7-9,13H,1-2,4,6,10-12H2,(H,23,24). The molecule has 0 radical (unpaired) electrons. The fourth-order valence-electron chi connectivity index (χ4n) is 2.99. The van der Waals surface area contributed by atoms with Gasteiger partial charge in [0.05, 0.1) is 0 Å². The van der Waals surface area contributed by atoms with E-state index in [2.05, 4.69) is 9.88 Å². The predicted octanol–water partition coefficient (Wildman–Crippen LogP) is 4.44. The summed E-state index contributed by atoms with van der Waals surface area (Å²) >= 11 is 1.36. The van der Waals surface area contributed by atoms with Crippen LogP contribution in [0.5, 0.6) is 0 Å². The molecule has 25 heavy (non-hydrogen) atoms. The quantitative estimate of drug-likeness (QED) is 0.584. The lowest BCUT2D eigenvalue weighted by Crippen LogP contribution is -2.19. The Bertz CT molecular complexity index is 748. The van der Waals surface area contributed by atoms with Crippen molar-refractivity contribution in [1.29, 1.82) is 0 Å². The number of anilines is 1. The third kappa shape index (κ3) is 4.51. The van der Waals surface area contributed by atoms with Gasteiger partial charge in [0.2, 0.25) is 0 Å². The van der Waals surface area contributed by atoms with Crippen LogP contribution in [0.25, 0.3) is 11.1 Å². The van der Waals surface area contributed by atoms with E-state index in [1.807, 2.05) is 18.2 Å². The monoisotopic (exact) mass is 360 g/mol. The highest BCUT2D eigenvalue weighted by atomic mass is 32.2. The van der Waals surface area contributed by atoms with Crippen molar-refractivity contribution >= 4 is 23.5 Å². The SMILES string of the molecule is O=C(O)CCCSc1ccc(-c2cccnc2N2CCCC2)cc1F. The first kappa shape index (κ1) is 17.7. The van der Waals surface area contributed by atoms with Gasteiger partial charge in [-0.1, -0.05) is 6.07 Å². The van der Waals surface area contributed by atoms with Crippen LogP contribution in [-0.4, -0.2) is 34.9 Å². The van der Waals surface area contributed by atoms with Gasteiger partial charge in [0.25, 0.3) is 0 Å². The molecule has 1 aromatic carbocycles. The Morgan fingerprint density at radius 1 is 1.28 bits per heavy atom. The number of carbonyl (C=O) groups is 1. The van der Waals surface area contributed by atoms with E-state index in [-0.39, 0.29) is 12.2 Å². The third-order valence-corrected chi connectivity index (χ3v) is 5.36. The van der Waals surface area contributed by atoms with Crippen LogP contribution < -0.4 is 4.90 Å². The van der Waals surface area contributed by atoms with E-state index in [4.69, 9.17) is 5.11 Å². The van der Waals surface area contributed by atoms with Crippen molar-refractivity contribution in [2.75, 3.05) is 23.7 Å². The molecule has 1 fully saturated rings. The van der Waals surface area contributed by atoms with Crippen LogP contribution in [0.3, 0.4) is 0 Å². The zero-order chi connectivity index (χ0) is 17.6. The Labute approximate surface area is 151 Å². The average molecular weight is 360 g/mol. The highest BCUT2D eigenvalue weighted by Gasteiger charge is 2.18. The number of aliphatic carboxylic acids is 1. The average Bonchev–Trinajstić information content (AvgIpc) is 3.14.